The predicted molar refractivity (Wildman–Crippen MR) is 123 cm³/mol. The molecule has 0 bridgehead atoms. The quantitative estimate of drug-likeness (QED) is 0.493. The number of rotatable bonds is 9. The molecule has 176 valence electrons. The Kier molecular flexibility index (Phi) is 6.93. The van der Waals surface area contributed by atoms with Gasteiger partial charge in [-0.1, -0.05) is 37.6 Å². The van der Waals surface area contributed by atoms with Crippen molar-refractivity contribution in [3.63, 3.8) is 0 Å². The largest absolute Gasteiger partial charge is 0.480 e. The van der Waals surface area contributed by atoms with Crippen molar-refractivity contribution in [3.05, 3.63) is 41.1 Å². The number of ether oxygens (including phenoxy) is 1. The summed E-state index contributed by atoms with van der Waals surface area (Å²) in [5.74, 6) is -0.561. The molecule has 1 fully saturated rings. The van der Waals surface area contributed by atoms with Gasteiger partial charge in [-0.2, -0.15) is 9.97 Å². The van der Waals surface area contributed by atoms with Crippen LogP contribution in [0.25, 0.3) is 0 Å². The van der Waals surface area contributed by atoms with Crippen LogP contribution in [0, 0.1) is 0 Å². The number of hydrogen-bond donors (Lipinski definition) is 3. The van der Waals surface area contributed by atoms with Gasteiger partial charge in [0.1, 0.15) is 11.7 Å². The van der Waals surface area contributed by atoms with Gasteiger partial charge in [-0.25, -0.2) is 4.79 Å². The van der Waals surface area contributed by atoms with Gasteiger partial charge >= 0.3 is 18.0 Å². The van der Waals surface area contributed by atoms with Gasteiger partial charge in [0.05, 0.1) is 18.8 Å². The first kappa shape index (κ1) is 22.8. The lowest BCUT2D eigenvalue weighted by Crippen LogP contribution is -2.39. The fourth-order valence-corrected chi connectivity index (χ4v) is 4.19. The molecule has 1 aromatic carbocycles. The van der Waals surface area contributed by atoms with E-state index in [2.05, 4.69) is 22.2 Å². The fourth-order valence-electron chi connectivity index (χ4n) is 4.19. The predicted octanol–water partition coefficient (Wildman–Crippen LogP) is 2.83. The molecule has 0 unspecified atom stereocenters. The number of urea groups is 1. The Morgan fingerprint density at radius 2 is 1.97 bits per heavy atom. The van der Waals surface area contributed by atoms with Crippen LogP contribution in [0.3, 0.4) is 0 Å². The van der Waals surface area contributed by atoms with Gasteiger partial charge in [-0.3, -0.25) is 9.69 Å². The average Bonchev–Trinajstić information content (AvgIpc) is 3.25. The minimum Gasteiger partial charge on any atom is -0.480 e. The molecular weight excluding hydrogens is 424 g/mol. The molecule has 4 N–H and O–H groups in total. The molecule has 2 aliphatic rings. The SMILES string of the molecule is CCCCOc1nc(N)c2c(n1)CN(Cc1ccc(CN3CCC[C@H]3C(=O)O)cc1)C(=O)N2. The first-order chi connectivity index (χ1) is 15.9. The van der Waals surface area contributed by atoms with Crippen molar-refractivity contribution in [3.8, 4) is 6.01 Å². The number of unbranched alkanes of at least 4 members (excludes halogenated alkanes) is 1. The lowest BCUT2D eigenvalue weighted by atomic mass is 10.1. The van der Waals surface area contributed by atoms with Crippen LogP contribution in [0.15, 0.2) is 24.3 Å². The summed E-state index contributed by atoms with van der Waals surface area (Å²) in [4.78, 5) is 36.2. The summed E-state index contributed by atoms with van der Waals surface area (Å²) in [7, 11) is 0. The van der Waals surface area contributed by atoms with E-state index in [4.69, 9.17) is 10.5 Å². The van der Waals surface area contributed by atoms with Crippen molar-refractivity contribution in [1.82, 2.24) is 19.8 Å². The lowest BCUT2D eigenvalue weighted by Gasteiger charge is -2.29. The highest BCUT2D eigenvalue weighted by molar-refractivity contribution is 5.94. The van der Waals surface area contributed by atoms with E-state index in [-0.39, 0.29) is 17.9 Å². The van der Waals surface area contributed by atoms with Crippen LogP contribution >= 0.6 is 0 Å². The third kappa shape index (κ3) is 5.33. The zero-order valence-corrected chi connectivity index (χ0v) is 18.8. The van der Waals surface area contributed by atoms with Crippen molar-refractivity contribution in [2.24, 2.45) is 0 Å². The first-order valence-corrected chi connectivity index (χ1v) is 11.3. The van der Waals surface area contributed by atoms with Gasteiger partial charge in [0, 0.05) is 13.1 Å². The summed E-state index contributed by atoms with van der Waals surface area (Å²) >= 11 is 0. The number of fused-ring (bicyclic) bond motifs is 1. The van der Waals surface area contributed by atoms with E-state index in [1.54, 1.807) is 4.90 Å². The van der Waals surface area contributed by atoms with Crippen molar-refractivity contribution in [2.75, 3.05) is 24.2 Å². The Morgan fingerprint density at radius 3 is 2.67 bits per heavy atom. The minimum absolute atomic E-state index is 0.199. The van der Waals surface area contributed by atoms with Crippen LogP contribution in [0.4, 0.5) is 16.3 Å². The molecule has 0 spiro atoms. The van der Waals surface area contributed by atoms with Gasteiger partial charge in [-0.15, -0.1) is 0 Å². The van der Waals surface area contributed by atoms with Crippen molar-refractivity contribution < 1.29 is 19.4 Å². The Labute approximate surface area is 192 Å². The smallest absolute Gasteiger partial charge is 0.322 e. The first-order valence-electron chi connectivity index (χ1n) is 11.3. The molecule has 10 heteroatoms. The van der Waals surface area contributed by atoms with E-state index in [0.29, 0.717) is 44.0 Å². The molecule has 2 aliphatic heterocycles. The van der Waals surface area contributed by atoms with Crippen LogP contribution in [0.5, 0.6) is 6.01 Å². The maximum absolute atomic E-state index is 12.6. The molecule has 2 aromatic rings. The molecule has 2 amide bonds. The number of carboxylic acids is 1. The highest BCUT2D eigenvalue weighted by Gasteiger charge is 2.30. The van der Waals surface area contributed by atoms with Crippen molar-refractivity contribution in [1.29, 1.82) is 0 Å². The van der Waals surface area contributed by atoms with E-state index in [1.807, 2.05) is 29.2 Å². The van der Waals surface area contributed by atoms with Gasteiger partial charge in [-0.05, 0) is 36.9 Å². The molecule has 0 radical (unpaired) electrons. The maximum Gasteiger partial charge on any atom is 0.322 e. The average molecular weight is 455 g/mol. The number of hydrogen-bond acceptors (Lipinski definition) is 7. The molecule has 1 saturated heterocycles. The highest BCUT2D eigenvalue weighted by Crippen LogP contribution is 2.29. The second kappa shape index (κ2) is 10.0. The van der Waals surface area contributed by atoms with Gasteiger partial charge in [0.25, 0.3) is 0 Å². The molecule has 1 aromatic heterocycles. The summed E-state index contributed by atoms with van der Waals surface area (Å²) in [6.07, 6.45) is 3.49. The van der Waals surface area contributed by atoms with Crippen LogP contribution in [-0.2, 0) is 24.4 Å². The molecular formula is C23H30N6O4. The van der Waals surface area contributed by atoms with Gasteiger partial charge < -0.3 is 25.8 Å². The summed E-state index contributed by atoms with van der Waals surface area (Å²) in [6, 6.07) is 7.47. The Morgan fingerprint density at radius 1 is 1.24 bits per heavy atom. The maximum atomic E-state index is 12.6. The number of anilines is 2. The van der Waals surface area contributed by atoms with Crippen molar-refractivity contribution >= 4 is 23.5 Å². The number of carbonyl (C=O) groups is 2. The number of aromatic nitrogens is 2. The van der Waals surface area contributed by atoms with Crippen LogP contribution < -0.4 is 15.8 Å². The Bertz CT molecular complexity index is 1010. The number of carboxylic acid groups (broad SMARTS) is 1. The number of nitrogens with two attached hydrogens (primary N) is 1. The molecule has 4 rings (SSSR count). The third-order valence-corrected chi connectivity index (χ3v) is 6.01. The molecule has 3 heterocycles. The minimum atomic E-state index is -0.760. The van der Waals surface area contributed by atoms with Crippen LogP contribution in [-0.4, -0.2) is 56.1 Å². The second-order valence-electron chi connectivity index (χ2n) is 8.48. The monoisotopic (exact) mass is 454 g/mol. The summed E-state index contributed by atoms with van der Waals surface area (Å²) in [6.45, 7) is 4.69. The number of nitrogens with one attached hydrogen (secondary N) is 1. The lowest BCUT2D eigenvalue weighted by molar-refractivity contribution is -0.142. The zero-order valence-electron chi connectivity index (χ0n) is 18.8. The van der Waals surface area contributed by atoms with Crippen LogP contribution in [0.1, 0.15) is 49.4 Å². The van der Waals surface area contributed by atoms with E-state index < -0.39 is 12.0 Å². The van der Waals surface area contributed by atoms with Crippen molar-refractivity contribution in [2.45, 2.75) is 58.3 Å². The Balaban J connectivity index is 1.40. The van der Waals surface area contributed by atoms with E-state index in [0.717, 1.165) is 36.9 Å². The molecule has 10 nitrogen and oxygen atoms in total. The number of carbonyl (C=O) groups excluding carboxylic acids is 1. The van der Waals surface area contributed by atoms with E-state index in [9.17, 15) is 14.7 Å². The summed E-state index contributed by atoms with van der Waals surface area (Å²) in [5.41, 5.74) is 9.09. The molecule has 33 heavy (non-hydrogen) atoms. The summed E-state index contributed by atoms with van der Waals surface area (Å²) < 4.78 is 5.59. The van der Waals surface area contributed by atoms with Crippen LogP contribution in [0.2, 0.25) is 0 Å². The zero-order chi connectivity index (χ0) is 23.4. The molecule has 0 aliphatic carbocycles. The number of nitrogen functional groups attached to an aromatic ring is 1. The van der Waals surface area contributed by atoms with E-state index in [1.165, 1.54) is 0 Å². The Hall–Kier alpha value is -3.40. The number of likely N-dealkylation sites (tertiary alicyclic amines) is 1. The van der Waals surface area contributed by atoms with E-state index >= 15 is 0 Å². The third-order valence-electron chi connectivity index (χ3n) is 6.01. The number of amides is 2. The van der Waals surface area contributed by atoms with Gasteiger partial charge in [0.15, 0.2) is 5.82 Å². The molecule has 0 saturated carbocycles. The number of nitrogens with zero attached hydrogens (tertiary/aromatic N) is 4. The summed E-state index contributed by atoms with van der Waals surface area (Å²) in [5, 5.41) is 12.1. The normalized spacial score (nSPS) is 18.2. The second-order valence-corrected chi connectivity index (χ2v) is 8.48. The standard InChI is InChI=1S/C23H30N6O4/c1-2-3-11-33-22-25-17-14-29(23(32)26-19(17)20(24)27-22)13-16-8-6-15(7-9-16)12-28-10-4-5-18(28)21(30)31/h6-9,18H,2-5,10-14H2,1H3,(H,26,32)(H,30,31)(H2,24,25,27)/t18-/m0/s1. The molecule has 1 atom stereocenters. The number of aliphatic carboxylic acids is 1. The number of benzene rings is 1. The topological polar surface area (TPSA) is 134 Å². The highest BCUT2D eigenvalue weighted by atomic mass is 16.5. The fraction of sp³-hybridized carbons (Fsp3) is 0.478. The van der Waals surface area contributed by atoms with Gasteiger partial charge in [0.2, 0.25) is 0 Å².